The summed E-state index contributed by atoms with van der Waals surface area (Å²) in [5, 5.41) is 0. The van der Waals surface area contributed by atoms with E-state index in [1.54, 1.807) is 11.0 Å². The first-order chi connectivity index (χ1) is 10.8. The fourth-order valence-electron chi connectivity index (χ4n) is 3.35. The van der Waals surface area contributed by atoms with Crippen molar-refractivity contribution in [2.24, 2.45) is 0 Å². The van der Waals surface area contributed by atoms with Crippen LogP contribution in [0.1, 0.15) is 37.9 Å². The predicted octanol–water partition coefficient (Wildman–Crippen LogP) is 2.56. The van der Waals surface area contributed by atoms with Gasteiger partial charge in [-0.05, 0) is 44.4 Å². The van der Waals surface area contributed by atoms with Gasteiger partial charge in [-0.3, -0.25) is 4.90 Å². The van der Waals surface area contributed by atoms with Crippen LogP contribution in [0.15, 0.2) is 12.1 Å². The minimum absolute atomic E-state index is 0.00937. The maximum atomic E-state index is 14.3. The van der Waals surface area contributed by atoms with E-state index in [2.05, 4.69) is 4.90 Å². The van der Waals surface area contributed by atoms with Crippen LogP contribution in [-0.4, -0.2) is 47.7 Å². The molecule has 2 N–H and O–H groups in total. The number of carbonyl (C=O) groups is 1. The summed E-state index contributed by atoms with van der Waals surface area (Å²) in [6.45, 7) is 8.29. The number of piperazine rings is 1. The molecule has 0 saturated carbocycles. The Hall–Kier alpha value is -1.82. The second-order valence-corrected chi connectivity index (χ2v) is 7.26. The van der Waals surface area contributed by atoms with Crippen LogP contribution in [0.2, 0.25) is 0 Å². The van der Waals surface area contributed by atoms with Crippen molar-refractivity contribution in [1.29, 1.82) is 0 Å². The van der Waals surface area contributed by atoms with Gasteiger partial charge in [-0.25, -0.2) is 9.18 Å². The molecule has 23 heavy (non-hydrogen) atoms. The summed E-state index contributed by atoms with van der Waals surface area (Å²) in [6, 6.07) is 3.52. The van der Waals surface area contributed by atoms with E-state index in [1.165, 1.54) is 0 Å². The Morgan fingerprint density at radius 2 is 2.04 bits per heavy atom. The minimum Gasteiger partial charge on any atom is -0.444 e. The van der Waals surface area contributed by atoms with Crippen molar-refractivity contribution in [3.05, 3.63) is 29.1 Å². The molecule has 1 aromatic rings. The lowest BCUT2D eigenvalue weighted by molar-refractivity contribution is 0.00182. The number of nitrogen functional groups attached to an aromatic ring is 1. The van der Waals surface area contributed by atoms with Crippen LogP contribution in [0.25, 0.3) is 0 Å². The number of fused-ring (bicyclic) bond motifs is 3. The molecule has 6 heteroatoms. The fourth-order valence-corrected chi connectivity index (χ4v) is 3.35. The van der Waals surface area contributed by atoms with E-state index < -0.39 is 5.60 Å². The van der Waals surface area contributed by atoms with Gasteiger partial charge in [0, 0.05) is 26.2 Å². The van der Waals surface area contributed by atoms with E-state index in [1.807, 2.05) is 26.8 Å². The molecule has 0 radical (unpaired) electrons. The zero-order chi connectivity index (χ0) is 16.8. The second kappa shape index (κ2) is 5.67. The van der Waals surface area contributed by atoms with Crippen LogP contribution in [0, 0.1) is 5.82 Å². The number of halogens is 1. The summed E-state index contributed by atoms with van der Waals surface area (Å²) in [4.78, 5) is 16.3. The molecule has 1 aromatic carbocycles. The number of anilines is 1. The largest absolute Gasteiger partial charge is 0.444 e. The summed E-state index contributed by atoms with van der Waals surface area (Å²) >= 11 is 0. The Labute approximate surface area is 136 Å². The highest BCUT2D eigenvalue weighted by atomic mass is 19.1. The average molecular weight is 321 g/mol. The first-order valence-electron chi connectivity index (χ1n) is 8.05. The van der Waals surface area contributed by atoms with Crippen molar-refractivity contribution >= 4 is 11.8 Å². The standard InChI is InChI=1S/C17H24FN3O2/c1-17(2,3)23-16(22)21-9-8-20-7-6-12-11(14(20)10-21)4-5-13(19)15(12)18/h4-5,14H,6-10,19H2,1-3H3/t14-/m0/s1. The predicted molar refractivity (Wildman–Crippen MR) is 86.6 cm³/mol. The first kappa shape index (κ1) is 16.1. The Morgan fingerprint density at radius 1 is 1.30 bits per heavy atom. The lowest BCUT2D eigenvalue weighted by atomic mass is 9.90. The van der Waals surface area contributed by atoms with E-state index in [-0.39, 0.29) is 23.6 Å². The SMILES string of the molecule is CC(C)(C)OC(=O)N1CCN2CCc3c(ccc(N)c3F)[C@@H]2C1. The molecule has 0 bridgehead atoms. The molecule has 1 saturated heterocycles. The van der Waals surface area contributed by atoms with Gasteiger partial charge in [0.05, 0.1) is 11.7 Å². The molecule has 1 amide bonds. The smallest absolute Gasteiger partial charge is 0.410 e. The summed E-state index contributed by atoms with van der Waals surface area (Å²) in [5.41, 5.74) is 6.99. The molecule has 0 aromatic heterocycles. The summed E-state index contributed by atoms with van der Waals surface area (Å²) in [7, 11) is 0. The summed E-state index contributed by atoms with van der Waals surface area (Å²) in [5.74, 6) is -0.309. The van der Waals surface area contributed by atoms with Crippen molar-refractivity contribution in [3.63, 3.8) is 0 Å². The monoisotopic (exact) mass is 321 g/mol. The second-order valence-electron chi connectivity index (χ2n) is 7.26. The van der Waals surface area contributed by atoms with Crippen LogP contribution in [0.3, 0.4) is 0 Å². The molecule has 0 unspecified atom stereocenters. The van der Waals surface area contributed by atoms with Gasteiger partial charge < -0.3 is 15.4 Å². The van der Waals surface area contributed by atoms with Gasteiger partial charge >= 0.3 is 6.09 Å². The van der Waals surface area contributed by atoms with Crippen molar-refractivity contribution in [2.45, 2.75) is 38.8 Å². The number of benzene rings is 1. The Kier molecular flexibility index (Phi) is 3.96. The molecule has 2 aliphatic heterocycles. The maximum absolute atomic E-state index is 14.3. The molecular formula is C17H24FN3O2. The molecule has 3 rings (SSSR count). The van der Waals surface area contributed by atoms with Crippen LogP contribution in [-0.2, 0) is 11.2 Å². The topological polar surface area (TPSA) is 58.8 Å². The molecule has 2 heterocycles. The maximum Gasteiger partial charge on any atom is 0.410 e. The third-order valence-electron chi connectivity index (χ3n) is 4.46. The quantitative estimate of drug-likeness (QED) is 0.746. The molecule has 0 aliphatic carbocycles. The number of ether oxygens (including phenoxy) is 1. The number of hydrogen-bond donors (Lipinski definition) is 1. The molecule has 1 atom stereocenters. The van der Waals surface area contributed by atoms with E-state index >= 15 is 0 Å². The molecule has 2 aliphatic rings. The lowest BCUT2D eigenvalue weighted by Gasteiger charge is -2.45. The van der Waals surface area contributed by atoms with Gasteiger partial charge in [-0.2, -0.15) is 0 Å². The third-order valence-corrected chi connectivity index (χ3v) is 4.46. The van der Waals surface area contributed by atoms with Crippen LogP contribution in [0.4, 0.5) is 14.9 Å². The van der Waals surface area contributed by atoms with Gasteiger partial charge in [0.1, 0.15) is 11.4 Å². The van der Waals surface area contributed by atoms with Gasteiger partial charge in [0.2, 0.25) is 0 Å². The number of nitrogens with zero attached hydrogens (tertiary/aromatic N) is 2. The van der Waals surface area contributed by atoms with Crippen molar-refractivity contribution in [1.82, 2.24) is 9.80 Å². The third kappa shape index (κ3) is 3.13. The minimum atomic E-state index is -0.515. The zero-order valence-electron chi connectivity index (χ0n) is 13.9. The average Bonchev–Trinajstić information content (AvgIpc) is 2.48. The van der Waals surface area contributed by atoms with E-state index in [0.717, 1.165) is 18.7 Å². The number of nitrogens with two attached hydrogens (primary N) is 1. The van der Waals surface area contributed by atoms with Crippen molar-refractivity contribution in [2.75, 3.05) is 31.9 Å². The van der Waals surface area contributed by atoms with Gasteiger partial charge in [-0.15, -0.1) is 0 Å². The Balaban J connectivity index is 1.82. The van der Waals surface area contributed by atoms with Gasteiger partial charge in [0.25, 0.3) is 0 Å². The number of carbonyl (C=O) groups excluding carboxylic acids is 1. The number of amides is 1. The summed E-state index contributed by atoms with van der Waals surface area (Å²) in [6.07, 6.45) is 0.356. The highest BCUT2D eigenvalue weighted by Gasteiger charge is 2.36. The van der Waals surface area contributed by atoms with E-state index in [4.69, 9.17) is 10.5 Å². The van der Waals surface area contributed by atoms with Gasteiger partial charge in [-0.1, -0.05) is 6.07 Å². The van der Waals surface area contributed by atoms with E-state index in [0.29, 0.717) is 25.1 Å². The highest BCUT2D eigenvalue weighted by molar-refractivity contribution is 5.68. The molecular weight excluding hydrogens is 297 g/mol. The van der Waals surface area contributed by atoms with Crippen LogP contribution >= 0.6 is 0 Å². The van der Waals surface area contributed by atoms with E-state index in [9.17, 15) is 9.18 Å². The van der Waals surface area contributed by atoms with Crippen LogP contribution in [0.5, 0.6) is 0 Å². The lowest BCUT2D eigenvalue weighted by Crippen LogP contribution is -2.53. The molecule has 5 nitrogen and oxygen atoms in total. The van der Waals surface area contributed by atoms with Crippen LogP contribution < -0.4 is 5.73 Å². The molecule has 0 spiro atoms. The molecule has 1 fully saturated rings. The van der Waals surface area contributed by atoms with Gasteiger partial charge in [0.15, 0.2) is 0 Å². The highest BCUT2D eigenvalue weighted by Crippen LogP contribution is 2.35. The van der Waals surface area contributed by atoms with Crippen molar-refractivity contribution < 1.29 is 13.9 Å². The fraction of sp³-hybridized carbons (Fsp3) is 0.588. The van der Waals surface area contributed by atoms with Crippen molar-refractivity contribution in [3.8, 4) is 0 Å². The normalized spacial score (nSPS) is 21.6. The molecule has 126 valence electrons. The zero-order valence-corrected chi connectivity index (χ0v) is 13.9. The number of rotatable bonds is 0. The summed E-state index contributed by atoms with van der Waals surface area (Å²) < 4.78 is 19.7. The number of hydrogen-bond acceptors (Lipinski definition) is 4. The first-order valence-corrected chi connectivity index (χ1v) is 8.05. The Morgan fingerprint density at radius 3 is 2.74 bits per heavy atom. The Bertz CT molecular complexity index is 627.